The Morgan fingerprint density at radius 3 is 2.60 bits per heavy atom. The molecule has 1 fully saturated rings. The van der Waals surface area contributed by atoms with E-state index < -0.39 is 5.97 Å². The molecule has 1 aliphatic rings. The smallest absolute Gasteiger partial charge is 0.342 e. The van der Waals surface area contributed by atoms with Crippen LogP contribution in [0.15, 0.2) is 56.1 Å². The van der Waals surface area contributed by atoms with Crippen molar-refractivity contribution >= 4 is 32.9 Å². The van der Waals surface area contributed by atoms with Gasteiger partial charge in [0.2, 0.25) is 0 Å². The highest BCUT2D eigenvalue weighted by molar-refractivity contribution is 9.10. The maximum Gasteiger partial charge on any atom is 0.342 e. The molecule has 1 aromatic heterocycles. The first-order chi connectivity index (χ1) is 14.5. The van der Waals surface area contributed by atoms with E-state index in [1.54, 1.807) is 19.1 Å². The van der Waals surface area contributed by atoms with Crippen LogP contribution in [0.25, 0.3) is 22.3 Å². The average molecular weight is 470 g/mol. The number of fused-ring (bicyclic) bond motifs is 1. The van der Waals surface area contributed by atoms with Gasteiger partial charge in [-0.1, -0.05) is 52.7 Å². The van der Waals surface area contributed by atoms with Gasteiger partial charge in [0, 0.05) is 22.1 Å². The van der Waals surface area contributed by atoms with Gasteiger partial charge in [-0.3, -0.25) is 9.69 Å². The molecule has 0 aliphatic carbocycles. The number of hydrogen-bond acceptors (Lipinski definition) is 5. The second-order valence-electron chi connectivity index (χ2n) is 7.62. The van der Waals surface area contributed by atoms with Crippen molar-refractivity contribution in [3.63, 3.8) is 0 Å². The van der Waals surface area contributed by atoms with Crippen molar-refractivity contribution in [2.24, 2.45) is 0 Å². The molecule has 0 saturated carbocycles. The van der Waals surface area contributed by atoms with Crippen molar-refractivity contribution in [3.05, 3.63) is 68.3 Å². The lowest BCUT2D eigenvalue weighted by Crippen LogP contribution is -2.33. The van der Waals surface area contributed by atoms with Crippen molar-refractivity contribution in [1.29, 1.82) is 0 Å². The minimum absolute atomic E-state index is 0.154. The lowest BCUT2D eigenvalue weighted by atomic mass is 10.0. The molecule has 1 aliphatic heterocycles. The first-order valence-electron chi connectivity index (χ1n) is 10.3. The minimum atomic E-state index is -0.482. The van der Waals surface area contributed by atoms with Gasteiger partial charge in [-0.2, -0.15) is 0 Å². The van der Waals surface area contributed by atoms with Gasteiger partial charge in [0.25, 0.3) is 0 Å². The van der Waals surface area contributed by atoms with Gasteiger partial charge in [0.1, 0.15) is 17.9 Å². The predicted octanol–water partition coefficient (Wildman–Crippen LogP) is 5.17. The fraction of sp³-hybridized carbons (Fsp3) is 0.333. The Kier molecular flexibility index (Phi) is 6.35. The van der Waals surface area contributed by atoms with Crippen molar-refractivity contribution in [2.45, 2.75) is 26.2 Å². The van der Waals surface area contributed by atoms with Gasteiger partial charge in [-0.15, -0.1) is 0 Å². The summed E-state index contributed by atoms with van der Waals surface area (Å²) in [5.41, 5.74) is 1.67. The number of rotatable bonds is 5. The van der Waals surface area contributed by atoms with Crippen molar-refractivity contribution in [2.75, 3.05) is 26.2 Å². The Labute approximate surface area is 183 Å². The second-order valence-corrected chi connectivity index (χ2v) is 8.54. The number of halogens is 1. The van der Waals surface area contributed by atoms with Crippen molar-refractivity contribution in [3.8, 4) is 11.3 Å². The molecule has 156 valence electrons. The summed E-state index contributed by atoms with van der Waals surface area (Å²) in [6.45, 7) is 4.87. The number of ether oxygens (including phenoxy) is 1. The van der Waals surface area contributed by atoms with E-state index in [2.05, 4.69) is 20.8 Å². The van der Waals surface area contributed by atoms with Crippen molar-refractivity contribution in [1.82, 2.24) is 4.90 Å². The van der Waals surface area contributed by atoms with E-state index in [0.717, 1.165) is 25.2 Å². The normalized spacial score (nSPS) is 14.7. The number of carbonyl (C=O) groups is 1. The summed E-state index contributed by atoms with van der Waals surface area (Å²) in [6.07, 6.45) is 3.65. The van der Waals surface area contributed by atoms with Crippen LogP contribution >= 0.6 is 15.9 Å². The molecular weight excluding hydrogens is 446 g/mol. The Hall–Kier alpha value is -2.44. The molecule has 0 bridgehead atoms. The molecule has 0 amide bonds. The third-order valence-corrected chi connectivity index (χ3v) is 5.99. The van der Waals surface area contributed by atoms with Crippen LogP contribution in [0.1, 0.15) is 35.2 Å². The highest BCUT2D eigenvalue weighted by Crippen LogP contribution is 2.29. The predicted molar refractivity (Wildman–Crippen MR) is 121 cm³/mol. The summed E-state index contributed by atoms with van der Waals surface area (Å²) in [4.78, 5) is 28.2. The fourth-order valence-corrected chi connectivity index (χ4v) is 4.36. The standard InChI is InChI=1S/C24H24BrNO4/c1-16-21(27)19-14-18(25)15-20(23(19)30-22(16)17-8-4-2-5-9-17)24(28)29-13-12-26-10-6-3-7-11-26/h2,4-5,8-9,14-15H,3,6-7,10-13H2,1H3. The Balaban J connectivity index is 1.67. The van der Waals surface area contributed by atoms with Gasteiger partial charge in [-0.25, -0.2) is 4.79 Å². The molecule has 2 heterocycles. The van der Waals surface area contributed by atoms with Crippen LogP contribution in [0.3, 0.4) is 0 Å². The van der Waals surface area contributed by atoms with Crippen LogP contribution in [0.2, 0.25) is 0 Å². The van der Waals surface area contributed by atoms with E-state index in [0.29, 0.717) is 27.8 Å². The molecule has 0 atom stereocenters. The topological polar surface area (TPSA) is 59.8 Å². The van der Waals surface area contributed by atoms with Crippen LogP contribution in [-0.2, 0) is 4.74 Å². The molecule has 5 nitrogen and oxygen atoms in total. The molecule has 0 radical (unpaired) electrons. The quantitative estimate of drug-likeness (QED) is 0.482. The fourth-order valence-electron chi connectivity index (χ4n) is 3.90. The number of likely N-dealkylation sites (tertiary alicyclic amines) is 1. The lowest BCUT2D eigenvalue weighted by molar-refractivity contribution is 0.0453. The largest absolute Gasteiger partial charge is 0.461 e. The summed E-state index contributed by atoms with van der Waals surface area (Å²) >= 11 is 3.41. The van der Waals surface area contributed by atoms with Crippen LogP contribution in [0.4, 0.5) is 0 Å². The van der Waals surface area contributed by atoms with Gasteiger partial charge in [-0.05, 0) is 45.0 Å². The Morgan fingerprint density at radius 1 is 1.13 bits per heavy atom. The monoisotopic (exact) mass is 469 g/mol. The molecule has 3 aromatic rings. The Bertz CT molecular complexity index is 1120. The van der Waals surface area contributed by atoms with Gasteiger partial charge >= 0.3 is 5.97 Å². The molecule has 1 saturated heterocycles. The van der Waals surface area contributed by atoms with Crippen molar-refractivity contribution < 1.29 is 13.9 Å². The van der Waals surface area contributed by atoms with Crippen LogP contribution < -0.4 is 5.43 Å². The van der Waals surface area contributed by atoms with E-state index in [-0.39, 0.29) is 16.6 Å². The summed E-state index contributed by atoms with van der Waals surface area (Å²) in [5.74, 6) is -0.0119. The number of esters is 1. The van der Waals surface area contributed by atoms with Crippen LogP contribution in [0, 0.1) is 6.92 Å². The highest BCUT2D eigenvalue weighted by Gasteiger charge is 2.21. The summed E-state index contributed by atoms with van der Waals surface area (Å²) < 4.78 is 12.3. The van der Waals surface area contributed by atoms with E-state index in [1.807, 2.05) is 30.3 Å². The molecule has 0 N–H and O–H groups in total. The SMILES string of the molecule is Cc1c(-c2ccccc2)oc2c(C(=O)OCCN3CCCCC3)cc(Br)cc2c1=O. The number of piperidine rings is 1. The minimum Gasteiger partial charge on any atom is -0.461 e. The van der Waals surface area contributed by atoms with E-state index in [9.17, 15) is 9.59 Å². The number of hydrogen-bond donors (Lipinski definition) is 0. The summed E-state index contributed by atoms with van der Waals surface area (Å²) in [5, 5.41) is 0.365. The zero-order valence-electron chi connectivity index (χ0n) is 16.9. The summed E-state index contributed by atoms with van der Waals surface area (Å²) in [6, 6.07) is 12.8. The van der Waals surface area contributed by atoms with E-state index in [4.69, 9.17) is 9.15 Å². The van der Waals surface area contributed by atoms with Crippen LogP contribution in [-0.4, -0.2) is 37.1 Å². The van der Waals surface area contributed by atoms with Gasteiger partial charge < -0.3 is 9.15 Å². The molecular formula is C24H24BrNO4. The second kappa shape index (κ2) is 9.14. The molecule has 0 unspecified atom stereocenters. The molecule has 4 rings (SSSR count). The molecule has 0 spiro atoms. The average Bonchev–Trinajstić information content (AvgIpc) is 2.77. The Morgan fingerprint density at radius 2 is 1.87 bits per heavy atom. The number of benzene rings is 2. The zero-order chi connectivity index (χ0) is 21.1. The van der Waals surface area contributed by atoms with Gasteiger partial charge in [0.15, 0.2) is 11.0 Å². The van der Waals surface area contributed by atoms with Gasteiger partial charge in [0.05, 0.1) is 5.39 Å². The first kappa shape index (κ1) is 20.8. The zero-order valence-corrected chi connectivity index (χ0v) is 18.5. The highest BCUT2D eigenvalue weighted by atomic mass is 79.9. The lowest BCUT2D eigenvalue weighted by Gasteiger charge is -2.25. The third-order valence-electron chi connectivity index (χ3n) is 5.53. The maximum absolute atomic E-state index is 13.0. The van der Waals surface area contributed by atoms with E-state index in [1.165, 1.54) is 19.3 Å². The molecule has 2 aromatic carbocycles. The number of carbonyl (C=O) groups excluding carboxylic acids is 1. The molecule has 30 heavy (non-hydrogen) atoms. The first-order valence-corrected chi connectivity index (χ1v) is 11.1. The maximum atomic E-state index is 13.0. The third kappa shape index (κ3) is 4.35. The van der Waals surface area contributed by atoms with E-state index >= 15 is 0 Å². The molecule has 6 heteroatoms. The number of nitrogens with zero attached hydrogens (tertiary/aromatic N) is 1. The summed E-state index contributed by atoms with van der Waals surface area (Å²) in [7, 11) is 0. The van der Waals surface area contributed by atoms with Crippen LogP contribution in [0.5, 0.6) is 0 Å².